The van der Waals surface area contributed by atoms with E-state index in [0.717, 1.165) is 24.9 Å². The molecule has 0 bridgehead atoms. The molecule has 0 spiro atoms. The molecule has 1 aliphatic heterocycles. The van der Waals surface area contributed by atoms with Gasteiger partial charge < -0.3 is 10.6 Å². The topological polar surface area (TPSA) is 46.3 Å². The quantitative estimate of drug-likeness (QED) is 0.904. The maximum Gasteiger partial charge on any atom is 0.227 e. The molecule has 1 heterocycles. The Morgan fingerprint density at radius 2 is 1.84 bits per heavy atom. The largest absolute Gasteiger partial charge is 0.335 e. The number of benzene rings is 2. The van der Waals surface area contributed by atoms with Crippen LogP contribution >= 0.6 is 0 Å². The van der Waals surface area contributed by atoms with Gasteiger partial charge in [0, 0.05) is 12.6 Å². The lowest BCUT2D eigenvalue weighted by Gasteiger charge is -2.31. The van der Waals surface area contributed by atoms with Gasteiger partial charge >= 0.3 is 0 Å². The van der Waals surface area contributed by atoms with Gasteiger partial charge in [-0.15, -0.1) is 0 Å². The number of hydrogen-bond acceptors (Lipinski definition) is 2. The summed E-state index contributed by atoms with van der Waals surface area (Å²) >= 11 is 0. The summed E-state index contributed by atoms with van der Waals surface area (Å²) in [6, 6.07) is 16.2. The normalized spacial score (nSPS) is 19.7. The molecule has 1 saturated heterocycles. The monoisotopic (exact) mass is 336 g/mol. The Morgan fingerprint density at radius 3 is 2.56 bits per heavy atom. The summed E-state index contributed by atoms with van der Waals surface area (Å²) in [5.74, 6) is -0.0622. The van der Waals surface area contributed by atoms with Crippen molar-refractivity contribution in [2.75, 3.05) is 6.54 Å². The van der Waals surface area contributed by atoms with Crippen molar-refractivity contribution in [3.63, 3.8) is 0 Å². The fraction of sp³-hybridized carbons (Fsp3) is 0.409. The lowest BCUT2D eigenvalue weighted by molar-refractivity contribution is -0.136. The van der Waals surface area contributed by atoms with E-state index in [1.165, 1.54) is 16.7 Å². The Bertz CT molecular complexity index is 741. The molecule has 3 atom stereocenters. The summed E-state index contributed by atoms with van der Waals surface area (Å²) in [4.78, 5) is 15.2. The molecule has 2 N–H and O–H groups in total. The Balaban J connectivity index is 1.82. The summed E-state index contributed by atoms with van der Waals surface area (Å²) < 4.78 is 0. The highest BCUT2D eigenvalue weighted by Gasteiger charge is 2.35. The maximum atomic E-state index is 13.2. The third-order valence-corrected chi connectivity index (χ3v) is 5.65. The highest BCUT2D eigenvalue weighted by molar-refractivity contribution is 5.80. The first-order valence-corrected chi connectivity index (χ1v) is 9.18. The molecule has 1 aliphatic rings. The van der Waals surface area contributed by atoms with Crippen molar-refractivity contribution in [2.24, 2.45) is 11.7 Å². The SMILES string of the molecule is Cc1cccc(C2CCCN2C(=O)C(C)C(N)c2ccccc2)c1C. The van der Waals surface area contributed by atoms with Gasteiger partial charge in [0.1, 0.15) is 0 Å². The van der Waals surface area contributed by atoms with Crippen LogP contribution in [0.3, 0.4) is 0 Å². The molecule has 0 saturated carbocycles. The van der Waals surface area contributed by atoms with E-state index in [0.29, 0.717) is 0 Å². The highest BCUT2D eigenvalue weighted by Crippen LogP contribution is 2.36. The van der Waals surface area contributed by atoms with Gasteiger partial charge in [-0.3, -0.25) is 4.79 Å². The van der Waals surface area contributed by atoms with Crippen molar-refractivity contribution >= 4 is 5.91 Å². The smallest absolute Gasteiger partial charge is 0.227 e. The van der Waals surface area contributed by atoms with E-state index in [1.807, 2.05) is 37.3 Å². The summed E-state index contributed by atoms with van der Waals surface area (Å²) in [5.41, 5.74) is 11.3. The molecule has 3 nitrogen and oxygen atoms in total. The van der Waals surface area contributed by atoms with Gasteiger partial charge in [0.25, 0.3) is 0 Å². The molecule has 132 valence electrons. The molecule has 2 aromatic carbocycles. The fourth-order valence-electron chi connectivity index (χ4n) is 3.87. The summed E-state index contributed by atoms with van der Waals surface area (Å²) in [5, 5.41) is 0. The number of rotatable bonds is 4. The zero-order chi connectivity index (χ0) is 18.0. The minimum absolute atomic E-state index is 0.166. The van der Waals surface area contributed by atoms with Crippen molar-refractivity contribution < 1.29 is 4.79 Å². The number of aryl methyl sites for hydroxylation is 1. The standard InChI is InChI=1S/C22H28N2O/c1-15-9-7-12-19(16(15)2)20-13-8-14-24(20)22(25)17(3)21(23)18-10-5-4-6-11-18/h4-7,9-12,17,20-21H,8,13-14,23H2,1-3H3. The van der Waals surface area contributed by atoms with Gasteiger partial charge in [-0.05, 0) is 48.9 Å². The van der Waals surface area contributed by atoms with Crippen molar-refractivity contribution in [3.05, 3.63) is 70.8 Å². The minimum Gasteiger partial charge on any atom is -0.335 e. The van der Waals surface area contributed by atoms with Crippen LogP contribution in [0.4, 0.5) is 0 Å². The van der Waals surface area contributed by atoms with Gasteiger partial charge in [0.15, 0.2) is 0 Å². The number of amides is 1. The second-order valence-corrected chi connectivity index (χ2v) is 7.20. The van der Waals surface area contributed by atoms with Crippen LogP contribution in [0, 0.1) is 19.8 Å². The lowest BCUT2D eigenvalue weighted by atomic mass is 9.92. The predicted octanol–water partition coefficient (Wildman–Crippen LogP) is 4.30. The van der Waals surface area contributed by atoms with Crippen molar-refractivity contribution in [1.29, 1.82) is 0 Å². The third-order valence-electron chi connectivity index (χ3n) is 5.65. The van der Waals surface area contributed by atoms with Crippen molar-refractivity contribution in [3.8, 4) is 0 Å². The van der Waals surface area contributed by atoms with E-state index in [1.54, 1.807) is 0 Å². The second-order valence-electron chi connectivity index (χ2n) is 7.20. The predicted molar refractivity (Wildman–Crippen MR) is 102 cm³/mol. The summed E-state index contributed by atoms with van der Waals surface area (Å²) in [7, 11) is 0. The van der Waals surface area contributed by atoms with Crippen molar-refractivity contribution in [1.82, 2.24) is 4.90 Å². The third kappa shape index (κ3) is 3.47. The van der Waals surface area contributed by atoms with Gasteiger partial charge in [0.05, 0.1) is 12.0 Å². The van der Waals surface area contributed by atoms with Gasteiger partial charge in [-0.25, -0.2) is 0 Å². The molecule has 2 aromatic rings. The summed E-state index contributed by atoms with van der Waals surface area (Å²) in [6.07, 6.45) is 2.08. The van der Waals surface area contributed by atoms with Crippen molar-refractivity contribution in [2.45, 2.75) is 45.7 Å². The first kappa shape index (κ1) is 17.7. The van der Waals surface area contributed by atoms with Crippen LogP contribution in [-0.2, 0) is 4.79 Å². The minimum atomic E-state index is -0.270. The van der Waals surface area contributed by atoms with E-state index >= 15 is 0 Å². The van der Waals surface area contributed by atoms with Crippen LogP contribution in [0.15, 0.2) is 48.5 Å². The summed E-state index contributed by atoms with van der Waals surface area (Å²) in [6.45, 7) is 7.07. The Labute approximate surface area is 150 Å². The van der Waals surface area contributed by atoms with E-state index in [9.17, 15) is 4.79 Å². The molecular weight excluding hydrogens is 308 g/mol. The number of nitrogens with zero attached hydrogens (tertiary/aromatic N) is 1. The fourth-order valence-corrected chi connectivity index (χ4v) is 3.87. The molecule has 25 heavy (non-hydrogen) atoms. The number of nitrogens with two attached hydrogens (primary N) is 1. The van der Waals surface area contributed by atoms with Crippen LogP contribution in [0.1, 0.15) is 54.1 Å². The Morgan fingerprint density at radius 1 is 1.12 bits per heavy atom. The first-order chi connectivity index (χ1) is 12.0. The average Bonchev–Trinajstić information content (AvgIpc) is 3.12. The molecule has 3 unspecified atom stereocenters. The molecule has 1 fully saturated rings. The van der Waals surface area contributed by atoms with Crippen LogP contribution in [0.2, 0.25) is 0 Å². The molecule has 0 aromatic heterocycles. The molecular formula is C22H28N2O. The average molecular weight is 336 g/mol. The van der Waals surface area contributed by atoms with Crippen LogP contribution in [0.5, 0.6) is 0 Å². The van der Waals surface area contributed by atoms with Crippen LogP contribution in [0.25, 0.3) is 0 Å². The van der Waals surface area contributed by atoms with Crippen LogP contribution in [-0.4, -0.2) is 17.4 Å². The molecule has 0 aliphatic carbocycles. The van der Waals surface area contributed by atoms with Gasteiger partial charge in [-0.1, -0.05) is 55.5 Å². The molecule has 3 rings (SSSR count). The first-order valence-electron chi connectivity index (χ1n) is 9.18. The second kappa shape index (κ2) is 7.40. The number of hydrogen-bond donors (Lipinski definition) is 1. The van der Waals surface area contributed by atoms with Gasteiger partial charge in [-0.2, -0.15) is 0 Å². The molecule has 0 radical (unpaired) electrons. The Kier molecular flexibility index (Phi) is 5.24. The number of carbonyl (C=O) groups excluding carboxylic acids is 1. The zero-order valence-corrected chi connectivity index (χ0v) is 15.4. The maximum absolute atomic E-state index is 13.2. The molecule has 3 heteroatoms. The highest BCUT2D eigenvalue weighted by atomic mass is 16.2. The van der Waals surface area contributed by atoms with Gasteiger partial charge in [0.2, 0.25) is 5.91 Å². The van der Waals surface area contributed by atoms with E-state index in [-0.39, 0.29) is 23.9 Å². The molecule has 1 amide bonds. The number of likely N-dealkylation sites (tertiary alicyclic amines) is 1. The zero-order valence-electron chi connectivity index (χ0n) is 15.4. The number of carbonyl (C=O) groups is 1. The van der Waals surface area contributed by atoms with E-state index < -0.39 is 0 Å². The Hall–Kier alpha value is -2.13. The lowest BCUT2D eigenvalue weighted by Crippen LogP contribution is -2.39. The van der Waals surface area contributed by atoms with E-state index in [2.05, 4.69) is 36.9 Å². The van der Waals surface area contributed by atoms with Crippen LogP contribution < -0.4 is 5.73 Å². The van der Waals surface area contributed by atoms with E-state index in [4.69, 9.17) is 5.73 Å².